The van der Waals surface area contributed by atoms with Crippen LogP contribution < -0.4 is 10.2 Å². The maximum Gasteiger partial charge on any atom is 0.0343 e. The van der Waals surface area contributed by atoms with E-state index in [4.69, 9.17) is 0 Å². The lowest BCUT2D eigenvalue weighted by atomic mass is 9.98. The zero-order chi connectivity index (χ0) is 20.2. The van der Waals surface area contributed by atoms with Crippen LogP contribution in [0.15, 0.2) is 78.9 Å². The van der Waals surface area contributed by atoms with E-state index in [1.54, 1.807) is 0 Å². The Morgan fingerprint density at radius 1 is 0.690 bits per heavy atom. The lowest BCUT2D eigenvalue weighted by molar-refractivity contribution is 0.712. The number of hydrogen-bond donors (Lipinski definition) is 2. The zero-order valence-corrected chi connectivity index (χ0v) is 18.4. The molecule has 0 aromatic heterocycles. The van der Waals surface area contributed by atoms with Gasteiger partial charge in [0, 0.05) is 21.0 Å². The Morgan fingerprint density at radius 3 is 1.97 bits per heavy atom. The largest absolute Gasteiger partial charge is 0.279 e. The van der Waals surface area contributed by atoms with Crippen molar-refractivity contribution in [3.8, 4) is 0 Å². The number of hydrogen-bond acceptors (Lipinski definition) is 2. The normalized spacial score (nSPS) is 14.0. The summed E-state index contributed by atoms with van der Waals surface area (Å²) in [6.07, 6.45) is 1.07. The molecule has 0 saturated heterocycles. The van der Waals surface area contributed by atoms with Gasteiger partial charge >= 0.3 is 0 Å². The van der Waals surface area contributed by atoms with Gasteiger partial charge in [0.2, 0.25) is 0 Å². The van der Waals surface area contributed by atoms with E-state index in [1.165, 1.54) is 38.2 Å². The van der Waals surface area contributed by atoms with Crippen molar-refractivity contribution in [2.75, 3.05) is 0 Å². The van der Waals surface area contributed by atoms with Crippen LogP contribution in [0, 0.1) is 0 Å². The molecule has 0 aliphatic heterocycles. The smallest absolute Gasteiger partial charge is 0.0343 e. The molecule has 0 bridgehead atoms. The fraction of sp³-hybridized carbons (Fsp3) is 0.231. The summed E-state index contributed by atoms with van der Waals surface area (Å²) in [6.45, 7) is 6.70. The SMILES string of the molecule is CCc1ccc2c([C@H](C)NPN[C@@H](C)c3cccc4ccccc34)cccc2c1. The summed E-state index contributed by atoms with van der Waals surface area (Å²) in [5.41, 5.74) is 4.10. The first-order valence-electron chi connectivity index (χ1n) is 10.4. The van der Waals surface area contributed by atoms with Gasteiger partial charge in [-0.3, -0.25) is 10.2 Å². The molecule has 0 amide bonds. The Labute approximate surface area is 175 Å². The molecule has 0 spiro atoms. The average molecular weight is 401 g/mol. The van der Waals surface area contributed by atoms with Gasteiger partial charge in [-0.25, -0.2) is 0 Å². The Bertz CT molecular complexity index is 1120. The van der Waals surface area contributed by atoms with Crippen LogP contribution in [-0.2, 0) is 6.42 Å². The molecule has 0 aliphatic rings. The van der Waals surface area contributed by atoms with Gasteiger partial charge in [-0.05, 0) is 58.5 Å². The standard InChI is InChI=1S/C26H29N2P/c1-4-20-15-16-26-22(17-20)11-8-14-24(26)19(3)28-29-27-18(2)23-13-7-10-21-9-5-6-12-25(21)23/h5-19,27-29H,4H2,1-3H3/t18-,19-/m0/s1. The zero-order valence-electron chi connectivity index (χ0n) is 17.4. The van der Waals surface area contributed by atoms with Crippen LogP contribution >= 0.6 is 8.88 Å². The summed E-state index contributed by atoms with van der Waals surface area (Å²) < 4.78 is 0. The Hall–Kier alpha value is -2.25. The first-order valence-corrected chi connectivity index (χ1v) is 11.4. The summed E-state index contributed by atoms with van der Waals surface area (Å²) >= 11 is 0. The van der Waals surface area contributed by atoms with Crippen LogP contribution in [0.3, 0.4) is 0 Å². The summed E-state index contributed by atoms with van der Waals surface area (Å²) in [5.74, 6) is 0. The van der Waals surface area contributed by atoms with Crippen LogP contribution in [0.25, 0.3) is 21.5 Å². The van der Waals surface area contributed by atoms with Crippen LogP contribution in [-0.4, -0.2) is 0 Å². The van der Waals surface area contributed by atoms with Gasteiger partial charge in [-0.15, -0.1) is 0 Å². The first-order chi connectivity index (χ1) is 14.2. The summed E-state index contributed by atoms with van der Waals surface area (Å²) in [6, 6.07) is 29.2. The highest BCUT2D eigenvalue weighted by atomic mass is 31.1. The minimum Gasteiger partial charge on any atom is -0.279 e. The van der Waals surface area contributed by atoms with E-state index in [9.17, 15) is 0 Å². The van der Waals surface area contributed by atoms with Gasteiger partial charge in [-0.1, -0.05) is 85.8 Å². The van der Waals surface area contributed by atoms with Crippen molar-refractivity contribution in [3.05, 3.63) is 95.6 Å². The maximum absolute atomic E-state index is 3.69. The van der Waals surface area contributed by atoms with Gasteiger partial charge in [0.15, 0.2) is 0 Å². The second-order valence-electron chi connectivity index (χ2n) is 7.68. The third-order valence-corrected chi connectivity index (χ3v) is 6.88. The Morgan fingerprint density at radius 2 is 1.28 bits per heavy atom. The molecular weight excluding hydrogens is 371 g/mol. The van der Waals surface area contributed by atoms with E-state index >= 15 is 0 Å². The van der Waals surface area contributed by atoms with Gasteiger partial charge in [0.1, 0.15) is 0 Å². The van der Waals surface area contributed by atoms with Crippen molar-refractivity contribution in [2.45, 2.75) is 39.3 Å². The molecule has 0 heterocycles. The fourth-order valence-electron chi connectivity index (χ4n) is 4.00. The molecule has 148 valence electrons. The second-order valence-corrected chi connectivity index (χ2v) is 8.51. The van der Waals surface area contributed by atoms with Gasteiger partial charge in [-0.2, -0.15) is 0 Å². The second kappa shape index (κ2) is 9.05. The van der Waals surface area contributed by atoms with E-state index in [2.05, 4.69) is 110 Å². The maximum atomic E-state index is 3.69. The fourth-order valence-corrected chi connectivity index (χ4v) is 4.82. The average Bonchev–Trinajstić information content (AvgIpc) is 2.77. The molecule has 3 atom stereocenters. The van der Waals surface area contributed by atoms with Crippen molar-refractivity contribution in [1.82, 2.24) is 10.2 Å². The van der Waals surface area contributed by atoms with Gasteiger partial charge in [0.05, 0.1) is 0 Å². The number of fused-ring (bicyclic) bond motifs is 2. The highest BCUT2D eigenvalue weighted by molar-refractivity contribution is 7.33. The highest BCUT2D eigenvalue weighted by Gasteiger charge is 2.12. The van der Waals surface area contributed by atoms with E-state index in [0.29, 0.717) is 14.9 Å². The van der Waals surface area contributed by atoms with Crippen molar-refractivity contribution in [2.24, 2.45) is 0 Å². The summed E-state index contributed by atoms with van der Waals surface area (Å²) in [4.78, 5) is 0. The minimum atomic E-state index is 0.289. The predicted octanol–water partition coefficient (Wildman–Crippen LogP) is 7.07. The van der Waals surface area contributed by atoms with Crippen molar-refractivity contribution >= 4 is 30.4 Å². The third-order valence-electron chi connectivity index (χ3n) is 5.72. The molecule has 4 aromatic rings. The molecule has 2 N–H and O–H groups in total. The van der Waals surface area contributed by atoms with Crippen molar-refractivity contribution < 1.29 is 0 Å². The minimum absolute atomic E-state index is 0.289. The molecular formula is C26H29N2P. The van der Waals surface area contributed by atoms with Crippen molar-refractivity contribution in [1.29, 1.82) is 0 Å². The molecule has 29 heavy (non-hydrogen) atoms. The number of benzene rings is 4. The quantitative estimate of drug-likeness (QED) is 0.324. The third kappa shape index (κ3) is 4.36. The van der Waals surface area contributed by atoms with E-state index in [0.717, 1.165) is 6.42 Å². The molecule has 1 unspecified atom stereocenters. The molecule has 0 saturated carbocycles. The highest BCUT2D eigenvalue weighted by Crippen LogP contribution is 2.29. The first kappa shape index (κ1) is 20.0. The number of nitrogens with one attached hydrogen (secondary N) is 2. The van der Waals surface area contributed by atoms with Crippen LogP contribution in [0.2, 0.25) is 0 Å². The molecule has 0 fully saturated rings. The van der Waals surface area contributed by atoms with Crippen LogP contribution in [0.5, 0.6) is 0 Å². The van der Waals surface area contributed by atoms with E-state index in [1.807, 2.05) is 0 Å². The van der Waals surface area contributed by atoms with E-state index < -0.39 is 0 Å². The Balaban J connectivity index is 1.45. The Kier molecular flexibility index (Phi) is 6.25. The number of aryl methyl sites for hydroxylation is 1. The molecule has 0 radical (unpaired) electrons. The summed E-state index contributed by atoms with van der Waals surface area (Å²) in [7, 11) is 0.484. The van der Waals surface area contributed by atoms with Crippen LogP contribution in [0.4, 0.5) is 0 Å². The van der Waals surface area contributed by atoms with E-state index in [-0.39, 0.29) is 6.04 Å². The predicted molar refractivity (Wildman–Crippen MR) is 129 cm³/mol. The summed E-state index contributed by atoms with van der Waals surface area (Å²) in [5, 5.41) is 12.7. The molecule has 4 rings (SSSR count). The lowest BCUT2D eigenvalue weighted by Crippen LogP contribution is -2.18. The molecule has 0 aliphatic carbocycles. The lowest BCUT2D eigenvalue weighted by Gasteiger charge is -2.20. The number of rotatable bonds is 7. The molecule has 3 heteroatoms. The monoisotopic (exact) mass is 400 g/mol. The van der Waals surface area contributed by atoms with Gasteiger partial charge in [0.25, 0.3) is 0 Å². The van der Waals surface area contributed by atoms with Gasteiger partial charge < -0.3 is 0 Å². The molecule has 4 aromatic carbocycles. The van der Waals surface area contributed by atoms with Crippen molar-refractivity contribution in [3.63, 3.8) is 0 Å². The van der Waals surface area contributed by atoms with Crippen LogP contribution in [0.1, 0.15) is 49.5 Å². The topological polar surface area (TPSA) is 24.1 Å². The molecule has 2 nitrogen and oxygen atoms in total.